The Kier molecular flexibility index (Phi) is 31.7. The second-order valence-electron chi connectivity index (χ2n) is 15.7. The number of unbranched alkanes of at least 4 members (excludes halogenated alkanes) is 21. The normalized spacial score (nSPS) is 22.5. The molecule has 0 heterocycles. The number of rotatable bonds is 38. The first-order chi connectivity index (χ1) is 28.8. The van der Waals surface area contributed by atoms with E-state index in [2.05, 4.69) is 28.6 Å². The number of phosphoric ester groups is 3. The van der Waals surface area contributed by atoms with E-state index in [1.165, 1.54) is 70.6 Å². The lowest BCUT2D eigenvalue weighted by molar-refractivity contribution is -0.213. The smallest absolute Gasteiger partial charge is 0.462 e. The van der Waals surface area contributed by atoms with Crippen molar-refractivity contribution in [3.05, 3.63) is 0 Å². The molecule has 4 unspecified atom stereocenters. The Hall–Kier alpha value is -0.500. The summed E-state index contributed by atoms with van der Waals surface area (Å²) in [6, 6.07) is 0. The molecule has 0 aliphatic heterocycles. The summed E-state index contributed by atoms with van der Waals surface area (Å²) in [6.07, 6.45) is 8.38. The molecule has 0 saturated heterocycles. The highest BCUT2D eigenvalue weighted by molar-refractivity contribution is 7.80. The standard InChI is InChI=1S/C38H75O19P3S/c1-2-3-4-5-6-7-8-9-10-14-17-20-23-26-32(40)54-30(28-52-31(39)25-22-19-16-13-11-12-15-18-21-24-27-61)29-53-60(50,51)57-36-33(41)34(42)37(55-58(44,45)46)38(35(36)43)56-59(47,48)49/h30,33-38,41-43,61H,2-29H2,1H3,(H,50,51)(H2,44,45,46)(H2,47,48,49)/t30-,33-,34+,35?,36?,37?,38-/m1/s1. The van der Waals surface area contributed by atoms with Crippen molar-refractivity contribution in [2.24, 2.45) is 0 Å². The summed E-state index contributed by atoms with van der Waals surface area (Å²) in [5, 5.41) is 31.8. The van der Waals surface area contributed by atoms with Crippen molar-refractivity contribution in [3.8, 4) is 0 Å². The maximum atomic E-state index is 13.1. The average molecular weight is 961 g/mol. The molecular formula is C38H75O19P3S. The number of aliphatic hydroxyl groups is 3. The average Bonchev–Trinajstić information content (AvgIpc) is 3.18. The van der Waals surface area contributed by atoms with Crippen LogP contribution < -0.4 is 0 Å². The molecule has 0 aromatic carbocycles. The summed E-state index contributed by atoms with van der Waals surface area (Å²) >= 11 is 4.22. The summed E-state index contributed by atoms with van der Waals surface area (Å²) < 4.78 is 65.3. The minimum atomic E-state index is -5.59. The molecule has 362 valence electrons. The number of ether oxygens (including phenoxy) is 2. The second-order valence-corrected chi connectivity index (χ2v) is 20.0. The third-order valence-corrected chi connectivity index (χ3v) is 12.6. The van der Waals surface area contributed by atoms with Crippen LogP contribution in [0.1, 0.15) is 167 Å². The molecule has 61 heavy (non-hydrogen) atoms. The molecule has 1 saturated carbocycles. The quantitative estimate of drug-likeness (QED) is 0.0135. The van der Waals surface area contributed by atoms with E-state index in [9.17, 15) is 63.1 Å². The van der Waals surface area contributed by atoms with E-state index in [1.807, 2.05) is 0 Å². The summed E-state index contributed by atoms with van der Waals surface area (Å²) in [4.78, 5) is 72.9. The van der Waals surface area contributed by atoms with Gasteiger partial charge in [-0.05, 0) is 25.0 Å². The Bertz CT molecular complexity index is 1320. The molecule has 8 N–H and O–H groups in total. The SMILES string of the molecule is CCCCCCCCCCCCCCCC(=O)O[C@H](COC(=O)CCCCCCCCCCCCS)COP(=O)(O)OC1C(O)[C@@H](OP(=O)(O)O)C(OP(=O)(O)O)[C@@H](O)[C@H]1O. The van der Waals surface area contributed by atoms with E-state index in [0.29, 0.717) is 12.8 Å². The highest BCUT2D eigenvalue weighted by Crippen LogP contribution is 2.51. The van der Waals surface area contributed by atoms with Gasteiger partial charge in [0, 0.05) is 12.8 Å². The van der Waals surface area contributed by atoms with Crippen LogP contribution >= 0.6 is 36.1 Å². The maximum absolute atomic E-state index is 13.1. The number of hydrogen-bond acceptors (Lipinski definition) is 15. The van der Waals surface area contributed by atoms with Crippen molar-refractivity contribution in [1.82, 2.24) is 0 Å². The van der Waals surface area contributed by atoms with Crippen LogP contribution in [-0.4, -0.2) is 113 Å². The van der Waals surface area contributed by atoms with Gasteiger partial charge in [-0.25, -0.2) is 13.7 Å². The third kappa shape index (κ3) is 29.6. The van der Waals surface area contributed by atoms with Crippen LogP contribution in [0, 0.1) is 0 Å². The van der Waals surface area contributed by atoms with Gasteiger partial charge in [-0.3, -0.25) is 27.7 Å². The van der Waals surface area contributed by atoms with Gasteiger partial charge in [0.05, 0.1) is 6.61 Å². The summed E-state index contributed by atoms with van der Waals surface area (Å²) in [5.41, 5.74) is 0. The van der Waals surface area contributed by atoms with Gasteiger partial charge in [0.1, 0.15) is 43.2 Å². The van der Waals surface area contributed by atoms with Crippen LogP contribution in [0.2, 0.25) is 0 Å². The monoisotopic (exact) mass is 960 g/mol. The molecule has 1 rings (SSSR count). The minimum Gasteiger partial charge on any atom is -0.462 e. The fourth-order valence-corrected chi connectivity index (χ4v) is 9.24. The predicted molar refractivity (Wildman–Crippen MR) is 228 cm³/mol. The first kappa shape index (κ1) is 58.5. The molecule has 0 spiro atoms. The van der Waals surface area contributed by atoms with Crippen molar-refractivity contribution < 1.29 is 90.6 Å². The Morgan fingerprint density at radius 2 is 0.885 bits per heavy atom. The predicted octanol–water partition coefficient (Wildman–Crippen LogP) is 6.70. The van der Waals surface area contributed by atoms with Crippen molar-refractivity contribution >= 4 is 48.0 Å². The zero-order valence-corrected chi connectivity index (χ0v) is 39.3. The number of carbonyl (C=O) groups excluding carboxylic acids is 2. The number of thiol groups is 1. The lowest BCUT2D eigenvalue weighted by Crippen LogP contribution is -2.65. The fraction of sp³-hybridized carbons (Fsp3) is 0.947. The molecule has 0 bridgehead atoms. The highest BCUT2D eigenvalue weighted by Gasteiger charge is 2.56. The molecular weight excluding hydrogens is 885 g/mol. The maximum Gasteiger partial charge on any atom is 0.472 e. The zero-order chi connectivity index (χ0) is 45.7. The van der Waals surface area contributed by atoms with Crippen molar-refractivity contribution in [3.63, 3.8) is 0 Å². The van der Waals surface area contributed by atoms with E-state index in [-0.39, 0.29) is 12.8 Å². The number of esters is 2. The van der Waals surface area contributed by atoms with Crippen LogP contribution in [0.4, 0.5) is 0 Å². The minimum absolute atomic E-state index is 0.00229. The first-order valence-corrected chi connectivity index (χ1v) is 27.1. The molecule has 19 nitrogen and oxygen atoms in total. The Morgan fingerprint density at radius 1 is 0.508 bits per heavy atom. The molecule has 1 aliphatic rings. The summed E-state index contributed by atoms with van der Waals surface area (Å²) in [5.74, 6) is -0.393. The van der Waals surface area contributed by atoms with Crippen LogP contribution in [-0.2, 0) is 50.9 Å². The summed E-state index contributed by atoms with van der Waals surface area (Å²) in [6.45, 7) is 0.725. The van der Waals surface area contributed by atoms with Gasteiger partial charge in [-0.1, -0.05) is 135 Å². The molecule has 1 aliphatic carbocycles. The lowest BCUT2D eigenvalue weighted by atomic mass is 9.85. The van der Waals surface area contributed by atoms with Crippen molar-refractivity contribution in [2.75, 3.05) is 19.0 Å². The molecule has 8 atom stereocenters. The number of aliphatic hydroxyl groups excluding tert-OH is 3. The molecule has 0 radical (unpaired) electrons. The van der Waals surface area contributed by atoms with Gasteiger partial charge in [-0.2, -0.15) is 12.6 Å². The van der Waals surface area contributed by atoms with E-state index in [0.717, 1.165) is 70.0 Å². The third-order valence-electron chi connectivity index (χ3n) is 10.2. The van der Waals surface area contributed by atoms with E-state index in [4.69, 9.17) is 18.5 Å². The zero-order valence-electron chi connectivity index (χ0n) is 35.7. The van der Waals surface area contributed by atoms with Gasteiger partial charge in [-0.15, -0.1) is 0 Å². The second kappa shape index (κ2) is 33.0. The molecule has 1 fully saturated rings. The fourth-order valence-electron chi connectivity index (χ4n) is 6.92. The van der Waals surface area contributed by atoms with Crippen molar-refractivity contribution in [2.45, 2.75) is 210 Å². The Morgan fingerprint density at radius 3 is 1.31 bits per heavy atom. The van der Waals surface area contributed by atoms with Gasteiger partial charge in [0.15, 0.2) is 6.10 Å². The van der Waals surface area contributed by atoms with Gasteiger partial charge >= 0.3 is 35.4 Å². The van der Waals surface area contributed by atoms with Crippen LogP contribution in [0.3, 0.4) is 0 Å². The highest BCUT2D eigenvalue weighted by atomic mass is 32.1. The van der Waals surface area contributed by atoms with Crippen LogP contribution in [0.5, 0.6) is 0 Å². The number of hydrogen-bond donors (Lipinski definition) is 9. The van der Waals surface area contributed by atoms with Gasteiger partial charge in [0.2, 0.25) is 0 Å². The van der Waals surface area contributed by atoms with E-state index in [1.54, 1.807) is 0 Å². The molecule has 0 aromatic heterocycles. The Balaban J connectivity index is 2.77. The first-order valence-electron chi connectivity index (χ1n) is 21.9. The number of carbonyl (C=O) groups is 2. The molecule has 23 heteroatoms. The molecule has 0 amide bonds. The van der Waals surface area contributed by atoms with Gasteiger partial charge < -0.3 is 49.3 Å². The van der Waals surface area contributed by atoms with Crippen LogP contribution in [0.15, 0.2) is 0 Å². The van der Waals surface area contributed by atoms with Gasteiger partial charge in [0.25, 0.3) is 0 Å². The van der Waals surface area contributed by atoms with Crippen LogP contribution in [0.25, 0.3) is 0 Å². The van der Waals surface area contributed by atoms with Crippen molar-refractivity contribution in [1.29, 1.82) is 0 Å². The lowest BCUT2D eigenvalue weighted by Gasteiger charge is -2.44. The number of phosphoric acid groups is 3. The largest absolute Gasteiger partial charge is 0.472 e. The summed E-state index contributed by atoms with van der Waals surface area (Å²) in [7, 11) is -16.6. The molecule has 0 aromatic rings. The van der Waals surface area contributed by atoms with E-state index < -0.39 is 91.3 Å². The topological polar surface area (TPSA) is 303 Å². The Labute approximate surface area is 366 Å². The van der Waals surface area contributed by atoms with E-state index >= 15 is 0 Å².